The Balaban J connectivity index is 2.32. The molecule has 2 aromatic carbocycles. The van der Waals surface area contributed by atoms with Crippen LogP contribution in [-0.4, -0.2) is 31.9 Å². The quantitative estimate of drug-likeness (QED) is 0.865. The largest absolute Gasteiger partial charge is 0.396 e. The molecule has 1 atom stereocenters. The first kappa shape index (κ1) is 14.0. The summed E-state index contributed by atoms with van der Waals surface area (Å²) < 4.78 is 24.4. The average molecular weight is 279 g/mol. The van der Waals surface area contributed by atoms with Crippen molar-refractivity contribution >= 4 is 20.6 Å². The van der Waals surface area contributed by atoms with Crippen LogP contribution in [0.1, 0.15) is 6.42 Å². The summed E-state index contributed by atoms with van der Waals surface area (Å²) in [7, 11) is -3.41. The Labute approximate surface area is 112 Å². The van der Waals surface area contributed by atoms with Crippen molar-refractivity contribution < 1.29 is 13.5 Å². The van der Waals surface area contributed by atoms with E-state index in [1.54, 1.807) is 18.2 Å². The van der Waals surface area contributed by atoms with E-state index in [1.807, 2.05) is 24.3 Å². The number of fused-ring (bicyclic) bond motifs is 1. The Kier molecular flexibility index (Phi) is 4.19. The second kappa shape index (κ2) is 5.69. The molecule has 2 rings (SSSR count). The molecule has 0 spiro atoms. The van der Waals surface area contributed by atoms with Crippen LogP contribution in [0.3, 0.4) is 0 Å². The highest BCUT2D eigenvalue weighted by Crippen LogP contribution is 2.20. The zero-order chi connectivity index (χ0) is 13.9. The number of sulfone groups is 1. The number of nitrogens with two attached hydrogens (primary N) is 1. The fourth-order valence-electron chi connectivity index (χ4n) is 1.99. The monoisotopic (exact) mass is 279 g/mol. The number of aliphatic hydroxyl groups excluding tert-OH is 1. The van der Waals surface area contributed by atoms with E-state index in [0.29, 0.717) is 0 Å². The summed E-state index contributed by atoms with van der Waals surface area (Å²) in [5, 5.41) is 10.7. The molecule has 0 fully saturated rings. The van der Waals surface area contributed by atoms with E-state index in [9.17, 15) is 8.42 Å². The molecule has 5 heteroatoms. The molecule has 2 aromatic rings. The molecule has 19 heavy (non-hydrogen) atoms. The molecule has 0 aliphatic heterocycles. The smallest absolute Gasteiger partial charge is 0.179 e. The number of rotatable bonds is 5. The first-order valence-electron chi connectivity index (χ1n) is 6.11. The molecule has 0 aliphatic carbocycles. The highest BCUT2D eigenvalue weighted by atomic mass is 32.2. The standard InChI is InChI=1S/C14H17NO3S/c15-13(7-8-16)10-19(17,18)14-6-5-11-3-1-2-4-12(11)9-14/h1-6,9,13,16H,7-8,10,15H2. The third-order valence-electron chi connectivity index (χ3n) is 3.01. The summed E-state index contributed by atoms with van der Waals surface area (Å²) >= 11 is 0. The topological polar surface area (TPSA) is 80.4 Å². The zero-order valence-corrected chi connectivity index (χ0v) is 11.3. The third-order valence-corrected chi connectivity index (χ3v) is 4.85. The van der Waals surface area contributed by atoms with Crippen molar-refractivity contribution in [2.75, 3.05) is 12.4 Å². The van der Waals surface area contributed by atoms with Gasteiger partial charge in [0.2, 0.25) is 0 Å². The Bertz CT molecular complexity index is 667. The van der Waals surface area contributed by atoms with Gasteiger partial charge in [-0.15, -0.1) is 0 Å². The molecule has 1 unspecified atom stereocenters. The van der Waals surface area contributed by atoms with E-state index in [2.05, 4.69) is 0 Å². The SMILES string of the molecule is NC(CCO)CS(=O)(=O)c1ccc2ccccc2c1. The molecule has 0 saturated heterocycles. The van der Waals surface area contributed by atoms with Crippen molar-refractivity contribution in [2.45, 2.75) is 17.4 Å². The van der Waals surface area contributed by atoms with E-state index in [-0.39, 0.29) is 23.7 Å². The van der Waals surface area contributed by atoms with Crippen LogP contribution in [-0.2, 0) is 9.84 Å². The van der Waals surface area contributed by atoms with Gasteiger partial charge < -0.3 is 10.8 Å². The van der Waals surface area contributed by atoms with Gasteiger partial charge in [-0.05, 0) is 29.3 Å². The molecule has 102 valence electrons. The lowest BCUT2D eigenvalue weighted by Gasteiger charge is -2.11. The molecular formula is C14H17NO3S. The van der Waals surface area contributed by atoms with E-state index < -0.39 is 15.9 Å². The fourth-order valence-corrected chi connectivity index (χ4v) is 3.49. The summed E-state index contributed by atoms with van der Waals surface area (Å²) in [5.41, 5.74) is 5.68. The predicted molar refractivity (Wildman–Crippen MR) is 75.7 cm³/mol. The van der Waals surface area contributed by atoms with E-state index in [4.69, 9.17) is 10.8 Å². The Hall–Kier alpha value is -1.43. The highest BCUT2D eigenvalue weighted by Gasteiger charge is 2.18. The van der Waals surface area contributed by atoms with Gasteiger partial charge in [0.1, 0.15) is 0 Å². The average Bonchev–Trinajstić information content (AvgIpc) is 2.37. The second-order valence-corrected chi connectivity index (χ2v) is 6.60. The molecule has 0 amide bonds. The van der Waals surface area contributed by atoms with Gasteiger partial charge in [0.15, 0.2) is 9.84 Å². The summed E-state index contributed by atoms with van der Waals surface area (Å²) in [6.07, 6.45) is 0.285. The van der Waals surface area contributed by atoms with Gasteiger partial charge in [0, 0.05) is 12.6 Å². The lowest BCUT2D eigenvalue weighted by Crippen LogP contribution is -2.30. The van der Waals surface area contributed by atoms with E-state index >= 15 is 0 Å². The van der Waals surface area contributed by atoms with Crippen LogP contribution in [0.25, 0.3) is 10.8 Å². The maximum Gasteiger partial charge on any atom is 0.179 e. The molecule has 0 bridgehead atoms. The molecule has 0 saturated carbocycles. The molecule has 3 N–H and O–H groups in total. The van der Waals surface area contributed by atoms with Crippen molar-refractivity contribution in [1.82, 2.24) is 0 Å². The normalized spacial score (nSPS) is 13.6. The number of hydrogen-bond acceptors (Lipinski definition) is 4. The summed E-state index contributed by atoms with van der Waals surface area (Å²) in [5.74, 6) is -0.147. The first-order chi connectivity index (χ1) is 9.03. The van der Waals surface area contributed by atoms with Gasteiger partial charge in [0.05, 0.1) is 10.6 Å². The maximum absolute atomic E-state index is 12.2. The van der Waals surface area contributed by atoms with Crippen molar-refractivity contribution in [3.8, 4) is 0 Å². The van der Waals surface area contributed by atoms with E-state index in [0.717, 1.165) is 10.8 Å². The van der Waals surface area contributed by atoms with Crippen LogP contribution < -0.4 is 5.73 Å². The van der Waals surface area contributed by atoms with Gasteiger partial charge in [-0.1, -0.05) is 30.3 Å². The van der Waals surface area contributed by atoms with Crippen molar-refractivity contribution in [2.24, 2.45) is 5.73 Å². The second-order valence-electron chi connectivity index (χ2n) is 4.56. The van der Waals surface area contributed by atoms with Crippen LogP contribution in [0.15, 0.2) is 47.4 Å². The minimum absolute atomic E-state index is 0.103. The Morgan fingerprint density at radius 3 is 2.47 bits per heavy atom. The van der Waals surface area contributed by atoms with Crippen LogP contribution in [0, 0.1) is 0 Å². The van der Waals surface area contributed by atoms with E-state index in [1.165, 1.54) is 0 Å². The van der Waals surface area contributed by atoms with Gasteiger partial charge >= 0.3 is 0 Å². The Morgan fingerprint density at radius 2 is 1.79 bits per heavy atom. The molecule has 0 radical (unpaired) electrons. The number of hydrogen-bond donors (Lipinski definition) is 2. The molecule has 0 aliphatic rings. The summed E-state index contributed by atoms with van der Waals surface area (Å²) in [6.45, 7) is -0.103. The minimum Gasteiger partial charge on any atom is -0.396 e. The fraction of sp³-hybridized carbons (Fsp3) is 0.286. The van der Waals surface area contributed by atoms with Gasteiger partial charge in [0.25, 0.3) is 0 Å². The summed E-state index contributed by atoms with van der Waals surface area (Å²) in [4.78, 5) is 0.277. The van der Waals surface area contributed by atoms with Crippen LogP contribution in [0.5, 0.6) is 0 Å². The molecule has 0 heterocycles. The van der Waals surface area contributed by atoms with Gasteiger partial charge in [-0.2, -0.15) is 0 Å². The maximum atomic E-state index is 12.2. The molecular weight excluding hydrogens is 262 g/mol. The van der Waals surface area contributed by atoms with Crippen molar-refractivity contribution in [1.29, 1.82) is 0 Å². The molecule has 0 aromatic heterocycles. The van der Waals surface area contributed by atoms with Crippen molar-refractivity contribution in [3.63, 3.8) is 0 Å². The number of benzene rings is 2. The lowest BCUT2D eigenvalue weighted by molar-refractivity contribution is 0.279. The Morgan fingerprint density at radius 1 is 1.11 bits per heavy atom. The minimum atomic E-state index is -3.41. The number of aliphatic hydroxyl groups is 1. The van der Waals surface area contributed by atoms with Gasteiger partial charge in [-0.3, -0.25) is 0 Å². The highest BCUT2D eigenvalue weighted by molar-refractivity contribution is 7.91. The lowest BCUT2D eigenvalue weighted by atomic mass is 10.1. The van der Waals surface area contributed by atoms with Crippen LogP contribution >= 0.6 is 0 Å². The van der Waals surface area contributed by atoms with Crippen LogP contribution in [0.2, 0.25) is 0 Å². The molecule has 4 nitrogen and oxygen atoms in total. The summed E-state index contributed by atoms with van der Waals surface area (Å²) in [6, 6.07) is 12.1. The van der Waals surface area contributed by atoms with Crippen LogP contribution in [0.4, 0.5) is 0 Å². The predicted octanol–water partition coefficient (Wildman–Crippen LogP) is 1.32. The first-order valence-corrected chi connectivity index (χ1v) is 7.76. The zero-order valence-electron chi connectivity index (χ0n) is 10.5. The van der Waals surface area contributed by atoms with Crippen molar-refractivity contribution in [3.05, 3.63) is 42.5 Å². The third kappa shape index (κ3) is 3.32. The van der Waals surface area contributed by atoms with Gasteiger partial charge in [-0.25, -0.2) is 8.42 Å².